The number of hydrogen-bond acceptors (Lipinski definition) is 6. The summed E-state index contributed by atoms with van der Waals surface area (Å²) in [5.41, 5.74) is 0.719. The molecule has 0 radical (unpaired) electrons. The lowest BCUT2D eigenvalue weighted by atomic mass is 9.91. The molecule has 2 aliphatic rings. The first-order valence-corrected chi connectivity index (χ1v) is 9.11. The van der Waals surface area contributed by atoms with E-state index in [0.717, 1.165) is 31.7 Å². The van der Waals surface area contributed by atoms with E-state index in [-0.39, 0.29) is 6.61 Å². The van der Waals surface area contributed by atoms with Gasteiger partial charge in [-0.05, 0) is 31.7 Å². The summed E-state index contributed by atoms with van der Waals surface area (Å²) in [6.07, 6.45) is 0. The standard InChI is InChI=1S/C18H23ClN4O3/c1-3-26-17(25)14-15(12-5-4-6-13(19)11-12)20-18(21-16(14)24)23-9-7-22(2)8-10-23/h4-6,11,14-15H,3,7-10H2,1-2H3,(H,20,21,24). The van der Waals surface area contributed by atoms with E-state index in [1.807, 2.05) is 11.0 Å². The molecular formula is C18H23ClN4O3. The summed E-state index contributed by atoms with van der Waals surface area (Å²) in [4.78, 5) is 34.1. The van der Waals surface area contributed by atoms with E-state index in [2.05, 4.69) is 17.3 Å². The molecule has 0 bridgehead atoms. The van der Waals surface area contributed by atoms with Gasteiger partial charge in [-0.1, -0.05) is 23.7 Å². The zero-order valence-corrected chi connectivity index (χ0v) is 15.7. The average molecular weight is 379 g/mol. The largest absolute Gasteiger partial charge is 0.465 e. The van der Waals surface area contributed by atoms with Gasteiger partial charge in [0, 0.05) is 31.2 Å². The van der Waals surface area contributed by atoms with Crippen LogP contribution < -0.4 is 5.32 Å². The molecular weight excluding hydrogens is 356 g/mol. The molecule has 140 valence electrons. The van der Waals surface area contributed by atoms with Gasteiger partial charge in [-0.3, -0.25) is 14.9 Å². The maximum absolute atomic E-state index is 12.7. The molecule has 0 spiro atoms. The van der Waals surface area contributed by atoms with Crippen molar-refractivity contribution in [3.63, 3.8) is 0 Å². The lowest BCUT2D eigenvalue weighted by Gasteiger charge is -2.37. The first kappa shape index (κ1) is 18.7. The number of esters is 1. The van der Waals surface area contributed by atoms with Gasteiger partial charge >= 0.3 is 5.97 Å². The molecule has 1 aromatic rings. The van der Waals surface area contributed by atoms with Crippen LogP contribution in [0.3, 0.4) is 0 Å². The van der Waals surface area contributed by atoms with Gasteiger partial charge in [0.15, 0.2) is 5.92 Å². The maximum Gasteiger partial charge on any atom is 0.321 e. The number of rotatable bonds is 3. The Morgan fingerprint density at radius 1 is 1.35 bits per heavy atom. The Hall–Kier alpha value is -2.12. The van der Waals surface area contributed by atoms with Gasteiger partial charge in [-0.2, -0.15) is 0 Å². The molecule has 1 fully saturated rings. The molecule has 2 unspecified atom stereocenters. The van der Waals surface area contributed by atoms with Crippen molar-refractivity contribution in [2.45, 2.75) is 13.0 Å². The van der Waals surface area contributed by atoms with Crippen molar-refractivity contribution >= 4 is 29.4 Å². The average Bonchev–Trinajstić information content (AvgIpc) is 2.61. The lowest BCUT2D eigenvalue weighted by Crippen LogP contribution is -2.56. The third-order valence-electron chi connectivity index (χ3n) is 4.63. The summed E-state index contributed by atoms with van der Waals surface area (Å²) >= 11 is 6.11. The highest BCUT2D eigenvalue weighted by Crippen LogP contribution is 2.32. The number of aliphatic imine (C=N–C) groups is 1. The normalized spacial score (nSPS) is 24.0. The second kappa shape index (κ2) is 8.05. The van der Waals surface area contributed by atoms with E-state index < -0.39 is 23.8 Å². The molecule has 0 saturated carbocycles. The number of nitrogens with zero attached hydrogens (tertiary/aromatic N) is 3. The highest BCUT2D eigenvalue weighted by Gasteiger charge is 2.42. The third kappa shape index (κ3) is 3.99. The quantitative estimate of drug-likeness (QED) is 0.633. The van der Waals surface area contributed by atoms with Crippen LogP contribution in [0.5, 0.6) is 0 Å². The molecule has 1 amide bonds. The minimum absolute atomic E-state index is 0.208. The molecule has 26 heavy (non-hydrogen) atoms. The Morgan fingerprint density at radius 2 is 2.08 bits per heavy atom. The Bertz CT molecular complexity index is 716. The van der Waals surface area contributed by atoms with Crippen LogP contribution in [0.15, 0.2) is 29.3 Å². The van der Waals surface area contributed by atoms with Crippen molar-refractivity contribution in [2.24, 2.45) is 10.9 Å². The summed E-state index contributed by atoms with van der Waals surface area (Å²) < 4.78 is 5.11. The van der Waals surface area contributed by atoms with Crippen LogP contribution in [0.25, 0.3) is 0 Å². The van der Waals surface area contributed by atoms with Crippen LogP contribution >= 0.6 is 11.6 Å². The molecule has 2 heterocycles. The van der Waals surface area contributed by atoms with Crippen molar-refractivity contribution in [3.05, 3.63) is 34.9 Å². The third-order valence-corrected chi connectivity index (χ3v) is 4.86. The predicted molar refractivity (Wildman–Crippen MR) is 99.0 cm³/mol. The van der Waals surface area contributed by atoms with Gasteiger partial charge in [0.25, 0.3) is 0 Å². The smallest absolute Gasteiger partial charge is 0.321 e. The number of likely N-dealkylation sites (N-methyl/N-ethyl adjacent to an activating group) is 1. The number of carbonyl (C=O) groups excluding carboxylic acids is 2. The number of piperazine rings is 1. The SMILES string of the molecule is CCOC(=O)C1C(=O)NC(N2CCN(C)CC2)=NC1c1cccc(Cl)c1. The minimum Gasteiger partial charge on any atom is -0.465 e. The van der Waals surface area contributed by atoms with E-state index in [0.29, 0.717) is 11.0 Å². The molecule has 2 atom stereocenters. The molecule has 0 aliphatic carbocycles. The Kier molecular flexibility index (Phi) is 5.78. The topological polar surface area (TPSA) is 74.2 Å². The van der Waals surface area contributed by atoms with Gasteiger partial charge in [0.05, 0.1) is 6.61 Å². The fraction of sp³-hybridized carbons (Fsp3) is 0.500. The molecule has 0 aromatic heterocycles. The van der Waals surface area contributed by atoms with Crippen molar-refractivity contribution in [2.75, 3.05) is 39.8 Å². The number of carbonyl (C=O) groups is 2. The second-order valence-electron chi connectivity index (χ2n) is 6.46. The van der Waals surface area contributed by atoms with E-state index >= 15 is 0 Å². The van der Waals surface area contributed by atoms with E-state index in [9.17, 15) is 9.59 Å². The molecule has 1 N–H and O–H groups in total. The van der Waals surface area contributed by atoms with Crippen LogP contribution in [0.4, 0.5) is 0 Å². The Labute approximate surface area is 158 Å². The van der Waals surface area contributed by atoms with Crippen LogP contribution in [-0.4, -0.2) is 67.5 Å². The number of amides is 1. The summed E-state index contributed by atoms with van der Waals surface area (Å²) in [5.74, 6) is -1.48. The van der Waals surface area contributed by atoms with Crippen LogP contribution in [0.1, 0.15) is 18.5 Å². The van der Waals surface area contributed by atoms with E-state index in [1.165, 1.54) is 0 Å². The van der Waals surface area contributed by atoms with Gasteiger partial charge in [0.2, 0.25) is 11.9 Å². The molecule has 1 aromatic carbocycles. The molecule has 7 nitrogen and oxygen atoms in total. The van der Waals surface area contributed by atoms with E-state index in [1.54, 1.807) is 25.1 Å². The first-order valence-electron chi connectivity index (χ1n) is 8.74. The number of ether oxygens (including phenoxy) is 1. The van der Waals surface area contributed by atoms with Crippen LogP contribution in [0, 0.1) is 5.92 Å². The van der Waals surface area contributed by atoms with Gasteiger partial charge in [0.1, 0.15) is 6.04 Å². The first-order chi connectivity index (χ1) is 12.5. The molecule has 2 aliphatic heterocycles. The minimum atomic E-state index is -1.02. The van der Waals surface area contributed by atoms with Gasteiger partial charge < -0.3 is 14.5 Å². The molecule has 8 heteroatoms. The van der Waals surface area contributed by atoms with Crippen LogP contribution in [0.2, 0.25) is 5.02 Å². The highest BCUT2D eigenvalue weighted by molar-refractivity contribution is 6.30. The van der Waals surface area contributed by atoms with Crippen molar-refractivity contribution in [3.8, 4) is 0 Å². The fourth-order valence-corrected chi connectivity index (χ4v) is 3.37. The molecule has 3 rings (SSSR count). The maximum atomic E-state index is 12.7. The Balaban J connectivity index is 1.95. The zero-order valence-electron chi connectivity index (χ0n) is 14.9. The predicted octanol–water partition coefficient (Wildman–Crippen LogP) is 1.29. The number of halogens is 1. The molecule has 1 saturated heterocycles. The summed E-state index contributed by atoms with van der Waals surface area (Å²) in [6, 6.07) is 6.45. The van der Waals surface area contributed by atoms with Crippen molar-refractivity contribution in [1.82, 2.24) is 15.1 Å². The van der Waals surface area contributed by atoms with E-state index in [4.69, 9.17) is 21.3 Å². The monoisotopic (exact) mass is 378 g/mol. The number of nitrogens with one attached hydrogen (secondary N) is 1. The number of guanidine groups is 1. The lowest BCUT2D eigenvalue weighted by molar-refractivity contribution is -0.153. The van der Waals surface area contributed by atoms with Gasteiger partial charge in [-0.15, -0.1) is 0 Å². The summed E-state index contributed by atoms with van der Waals surface area (Å²) in [7, 11) is 2.06. The summed E-state index contributed by atoms with van der Waals surface area (Å²) in [5, 5.41) is 3.32. The van der Waals surface area contributed by atoms with Crippen molar-refractivity contribution < 1.29 is 14.3 Å². The number of hydrogen-bond donors (Lipinski definition) is 1. The number of benzene rings is 1. The van der Waals surface area contributed by atoms with Crippen LogP contribution in [-0.2, 0) is 14.3 Å². The highest BCUT2D eigenvalue weighted by atomic mass is 35.5. The van der Waals surface area contributed by atoms with Gasteiger partial charge in [-0.25, -0.2) is 4.99 Å². The van der Waals surface area contributed by atoms with Crippen molar-refractivity contribution in [1.29, 1.82) is 0 Å². The zero-order chi connectivity index (χ0) is 18.7. The fourth-order valence-electron chi connectivity index (χ4n) is 3.17. The Morgan fingerprint density at radius 3 is 2.73 bits per heavy atom. The second-order valence-corrected chi connectivity index (χ2v) is 6.90. The summed E-state index contributed by atoms with van der Waals surface area (Å²) in [6.45, 7) is 5.23.